The van der Waals surface area contributed by atoms with E-state index < -0.39 is 6.10 Å². The summed E-state index contributed by atoms with van der Waals surface area (Å²) >= 11 is 0. The minimum atomic E-state index is -0.586. The zero-order valence-electron chi connectivity index (χ0n) is 9.60. The van der Waals surface area contributed by atoms with Crippen molar-refractivity contribution in [1.82, 2.24) is 4.98 Å². The molecule has 1 unspecified atom stereocenters. The molecule has 1 N–H and O–H groups in total. The van der Waals surface area contributed by atoms with Crippen LogP contribution in [0.15, 0.2) is 12.3 Å². The van der Waals surface area contributed by atoms with Crippen molar-refractivity contribution in [2.24, 2.45) is 0 Å². The molecule has 1 aromatic rings. The second-order valence-corrected chi connectivity index (χ2v) is 3.45. The fourth-order valence-electron chi connectivity index (χ4n) is 1.41. The lowest BCUT2D eigenvalue weighted by molar-refractivity contribution is 0.161. The smallest absolute Gasteiger partial charge is 0.140 e. The first-order valence-electron chi connectivity index (χ1n) is 5.43. The minimum absolute atomic E-state index is 0.397. The van der Waals surface area contributed by atoms with Crippen molar-refractivity contribution in [3.8, 4) is 11.8 Å². The predicted octanol–water partition coefficient (Wildman–Crippen LogP) is 2.19. The quantitative estimate of drug-likeness (QED) is 0.826. The molecule has 0 spiro atoms. The van der Waals surface area contributed by atoms with E-state index in [9.17, 15) is 5.11 Å². The van der Waals surface area contributed by atoms with E-state index in [1.807, 2.05) is 19.9 Å². The lowest BCUT2D eigenvalue weighted by Crippen LogP contribution is -2.03. The standard InChI is InChI=1S/C12H16N2O2/c1-3-5-11(15)10-6-12(16-4-2)9(7-13)8-14-10/h6,8,11,15H,3-5H2,1-2H3. The van der Waals surface area contributed by atoms with Gasteiger partial charge < -0.3 is 9.84 Å². The molecule has 1 rings (SSSR count). The Hall–Kier alpha value is -1.60. The molecule has 0 fully saturated rings. The van der Waals surface area contributed by atoms with E-state index in [1.54, 1.807) is 6.07 Å². The molecule has 4 heteroatoms. The molecule has 0 saturated carbocycles. The molecule has 0 aliphatic rings. The van der Waals surface area contributed by atoms with E-state index in [-0.39, 0.29) is 0 Å². The van der Waals surface area contributed by atoms with Gasteiger partial charge in [-0.15, -0.1) is 0 Å². The summed E-state index contributed by atoms with van der Waals surface area (Å²) in [7, 11) is 0. The first-order chi connectivity index (χ1) is 7.72. The Labute approximate surface area is 95.5 Å². The van der Waals surface area contributed by atoms with Crippen molar-refractivity contribution in [1.29, 1.82) is 5.26 Å². The average molecular weight is 220 g/mol. The van der Waals surface area contributed by atoms with E-state index >= 15 is 0 Å². The Morgan fingerprint density at radius 2 is 2.31 bits per heavy atom. The summed E-state index contributed by atoms with van der Waals surface area (Å²) < 4.78 is 5.32. The zero-order chi connectivity index (χ0) is 12.0. The molecule has 0 aromatic carbocycles. The van der Waals surface area contributed by atoms with E-state index in [0.717, 1.165) is 6.42 Å². The van der Waals surface area contributed by atoms with Crippen LogP contribution in [0.1, 0.15) is 44.1 Å². The molecule has 86 valence electrons. The van der Waals surface area contributed by atoms with Crippen molar-refractivity contribution in [3.63, 3.8) is 0 Å². The van der Waals surface area contributed by atoms with Gasteiger partial charge in [-0.3, -0.25) is 4.98 Å². The largest absolute Gasteiger partial charge is 0.492 e. The van der Waals surface area contributed by atoms with E-state index in [0.29, 0.717) is 30.0 Å². The van der Waals surface area contributed by atoms with Crippen LogP contribution in [-0.2, 0) is 0 Å². The number of rotatable bonds is 5. The molecule has 4 nitrogen and oxygen atoms in total. The number of aliphatic hydroxyl groups excluding tert-OH is 1. The summed E-state index contributed by atoms with van der Waals surface area (Å²) in [6, 6.07) is 3.65. The van der Waals surface area contributed by atoms with Gasteiger partial charge >= 0.3 is 0 Å². The summed E-state index contributed by atoms with van der Waals surface area (Å²) in [5.74, 6) is 0.491. The van der Waals surface area contributed by atoms with Crippen molar-refractivity contribution >= 4 is 0 Å². The molecule has 0 saturated heterocycles. The number of hydrogen-bond donors (Lipinski definition) is 1. The van der Waals surface area contributed by atoms with E-state index in [2.05, 4.69) is 4.98 Å². The highest BCUT2D eigenvalue weighted by molar-refractivity contribution is 5.42. The first kappa shape index (κ1) is 12.5. The number of pyridine rings is 1. The van der Waals surface area contributed by atoms with E-state index in [4.69, 9.17) is 10.00 Å². The third-order valence-electron chi connectivity index (χ3n) is 2.21. The van der Waals surface area contributed by atoms with Crippen LogP contribution in [0.3, 0.4) is 0 Å². The predicted molar refractivity (Wildman–Crippen MR) is 60.0 cm³/mol. The summed E-state index contributed by atoms with van der Waals surface area (Å²) in [6.45, 7) is 4.34. The van der Waals surface area contributed by atoms with Crippen LogP contribution < -0.4 is 4.74 Å². The molecule has 1 heterocycles. The maximum atomic E-state index is 9.78. The van der Waals surface area contributed by atoms with Gasteiger partial charge in [-0.05, 0) is 13.3 Å². The Bertz CT molecular complexity index is 385. The summed E-state index contributed by atoms with van der Waals surface area (Å²) in [5.41, 5.74) is 0.957. The lowest BCUT2D eigenvalue weighted by atomic mass is 10.1. The Morgan fingerprint density at radius 3 is 2.88 bits per heavy atom. The van der Waals surface area contributed by atoms with Crippen molar-refractivity contribution in [2.75, 3.05) is 6.61 Å². The van der Waals surface area contributed by atoms with Gasteiger partial charge in [0.2, 0.25) is 0 Å². The minimum Gasteiger partial charge on any atom is -0.492 e. The molecule has 0 bridgehead atoms. The number of aromatic nitrogens is 1. The summed E-state index contributed by atoms with van der Waals surface area (Å²) in [6.07, 6.45) is 2.40. The summed E-state index contributed by atoms with van der Waals surface area (Å²) in [4.78, 5) is 4.06. The Morgan fingerprint density at radius 1 is 1.56 bits per heavy atom. The van der Waals surface area contributed by atoms with Gasteiger partial charge in [0.25, 0.3) is 0 Å². The van der Waals surface area contributed by atoms with Gasteiger partial charge in [0.05, 0.1) is 18.4 Å². The highest BCUT2D eigenvalue weighted by Gasteiger charge is 2.12. The molecular weight excluding hydrogens is 204 g/mol. The second-order valence-electron chi connectivity index (χ2n) is 3.45. The number of ether oxygens (including phenoxy) is 1. The van der Waals surface area contributed by atoms with Crippen molar-refractivity contribution in [2.45, 2.75) is 32.8 Å². The van der Waals surface area contributed by atoms with Crippen molar-refractivity contribution < 1.29 is 9.84 Å². The number of hydrogen-bond acceptors (Lipinski definition) is 4. The third-order valence-corrected chi connectivity index (χ3v) is 2.21. The molecule has 0 aliphatic heterocycles. The van der Waals surface area contributed by atoms with Crippen LogP contribution in [0.25, 0.3) is 0 Å². The van der Waals surface area contributed by atoms with Gasteiger partial charge in [0, 0.05) is 12.3 Å². The van der Waals surface area contributed by atoms with Gasteiger partial charge in [-0.2, -0.15) is 5.26 Å². The van der Waals surface area contributed by atoms with Crippen LogP contribution in [0.5, 0.6) is 5.75 Å². The fourth-order valence-corrected chi connectivity index (χ4v) is 1.41. The maximum Gasteiger partial charge on any atom is 0.140 e. The van der Waals surface area contributed by atoms with Crippen LogP contribution in [0.4, 0.5) is 0 Å². The molecule has 0 amide bonds. The zero-order valence-corrected chi connectivity index (χ0v) is 9.60. The van der Waals surface area contributed by atoms with Crippen LogP contribution in [0, 0.1) is 11.3 Å². The maximum absolute atomic E-state index is 9.78. The number of nitriles is 1. The van der Waals surface area contributed by atoms with Gasteiger partial charge in [-0.25, -0.2) is 0 Å². The van der Waals surface area contributed by atoms with E-state index in [1.165, 1.54) is 6.20 Å². The summed E-state index contributed by atoms with van der Waals surface area (Å²) in [5, 5.41) is 18.6. The third kappa shape index (κ3) is 2.94. The normalized spacial score (nSPS) is 11.9. The lowest BCUT2D eigenvalue weighted by Gasteiger charge is -2.11. The highest BCUT2D eigenvalue weighted by Crippen LogP contribution is 2.23. The number of nitrogens with zero attached hydrogens (tertiary/aromatic N) is 2. The molecule has 1 aromatic heterocycles. The van der Waals surface area contributed by atoms with Gasteiger partial charge in [0.15, 0.2) is 0 Å². The Balaban J connectivity index is 2.97. The van der Waals surface area contributed by atoms with Gasteiger partial charge in [-0.1, -0.05) is 13.3 Å². The SMILES string of the molecule is CCCC(O)c1cc(OCC)c(C#N)cn1. The number of aliphatic hydroxyl groups is 1. The molecule has 0 aliphatic carbocycles. The Kier molecular flexibility index (Phi) is 4.74. The van der Waals surface area contributed by atoms with Crippen LogP contribution in [0.2, 0.25) is 0 Å². The monoisotopic (exact) mass is 220 g/mol. The average Bonchev–Trinajstić information content (AvgIpc) is 2.29. The highest BCUT2D eigenvalue weighted by atomic mass is 16.5. The molecule has 0 radical (unpaired) electrons. The second kappa shape index (κ2) is 6.09. The van der Waals surface area contributed by atoms with Crippen molar-refractivity contribution in [3.05, 3.63) is 23.5 Å². The topological polar surface area (TPSA) is 66.1 Å². The molecule has 1 atom stereocenters. The van der Waals surface area contributed by atoms with Gasteiger partial charge in [0.1, 0.15) is 17.4 Å². The van der Waals surface area contributed by atoms with Crippen LogP contribution >= 0.6 is 0 Å². The van der Waals surface area contributed by atoms with Crippen LogP contribution in [-0.4, -0.2) is 16.7 Å². The fraction of sp³-hybridized carbons (Fsp3) is 0.500. The molecule has 16 heavy (non-hydrogen) atoms. The first-order valence-corrected chi connectivity index (χ1v) is 5.43. The molecular formula is C12H16N2O2.